The Labute approximate surface area is 229 Å². The zero-order valence-corrected chi connectivity index (χ0v) is 23.3. The number of fused-ring (bicyclic) bond motifs is 2. The van der Waals surface area contributed by atoms with Gasteiger partial charge in [-0.15, -0.1) is 0 Å². The molecule has 1 fully saturated rings. The molecule has 5 atom stereocenters. The minimum absolute atomic E-state index is 0.0924. The van der Waals surface area contributed by atoms with Crippen molar-refractivity contribution in [1.82, 2.24) is 10.6 Å². The summed E-state index contributed by atoms with van der Waals surface area (Å²) in [4.78, 5) is 27.7. The van der Waals surface area contributed by atoms with Crippen LogP contribution < -0.4 is 16.0 Å². The number of nitrogens with one attached hydrogen (secondary N) is 3. The van der Waals surface area contributed by atoms with E-state index >= 15 is 0 Å². The van der Waals surface area contributed by atoms with E-state index in [0.717, 1.165) is 10.0 Å². The van der Waals surface area contributed by atoms with Gasteiger partial charge in [-0.2, -0.15) is 0 Å². The van der Waals surface area contributed by atoms with E-state index < -0.39 is 41.9 Å². The molecule has 200 valence electrons. The zero-order chi connectivity index (χ0) is 27.1. The van der Waals surface area contributed by atoms with Crippen molar-refractivity contribution < 1.29 is 24.2 Å². The molecule has 2 aliphatic heterocycles. The molecular weight excluding hydrogens is 565 g/mol. The molecule has 2 aliphatic rings. The fourth-order valence-corrected chi connectivity index (χ4v) is 6.28. The number of amides is 2. The highest BCUT2D eigenvalue weighted by Crippen LogP contribution is 2.57. The quantitative estimate of drug-likeness (QED) is 0.334. The first-order valence-corrected chi connectivity index (χ1v) is 13.4. The van der Waals surface area contributed by atoms with E-state index in [0.29, 0.717) is 17.7 Å². The minimum atomic E-state index is -1.29. The summed E-state index contributed by atoms with van der Waals surface area (Å²) in [5.74, 6) is -1.98. The van der Waals surface area contributed by atoms with Crippen LogP contribution >= 0.6 is 27.5 Å². The number of halogens is 3. The summed E-state index contributed by atoms with van der Waals surface area (Å²) in [6.45, 7) is 5.90. The second-order valence-corrected chi connectivity index (χ2v) is 12.4. The summed E-state index contributed by atoms with van der Waals surface area (Å²) < 4.78 is 15.7. The number of hydrogen-bond donors (Lipinski definition) is 5. The Kier molecular flexibility index (Phi) is 8.03. The Morgan fingerprint density at radius 1 is 1.30 bits per heavy atom. The van der Waals surface area contributed by atoms with E-state index in [4.69, 9.17) is 16.7 Å². The van der Waals surface area contributed by atoms with Gasteiger partial charge in [-0.25, -0.2) is 4.39 Å². The van der Waals surface area contributed by atoms with Crippen LogP contribution in [-0.2, 0) is 15.0 Å². The number of benzene rings is 2. The van der Waals surface area contributed by atoms with Crippen molar-refractivity contribution in [1.29, 1.82) is 0 Å². The first kappa shape index (κ1) is 28.0. The molecule has 7 nitrogen and oxygen atoms in total. The van der Waals surface area contributed by atoms with Crippen LogP contribution in [0.4, 0.5) is 10.1 Å². The minimum Gasteiger partial charge on any atom is -0.394 e. The molecule has 2 aromatic rings. The van der Waals surface area contributed by atoms with Gasteiger partial charge in [0.15, 0.2) is 0 Å². The average molecular weight is 597 g/mol. The topological polar surface area (TPSA) is 111 Å². The van der Waals surface area contributed by atoms with Crippen molar-refractivity contribution in [3.8, 4) is 0 Å². The van der Waals surface area contributed by atoms with Gasteiger partial charge in [-0.05, 0) is 53.6 Å². The molecule has 0 saturated carbocycles. The lowest BCUT2D eigenvalue weighted by molar-refractivity contribution is -0.124. The van der Waals surface area contributed by atoms with Crippen LogP contribution in [0, 0.1) is 11.2 Å². The van der Waals surface area contributed by atoms with Gasteiger partial charge in [0.2, 0.25) is 11.8 Å². The summed E-state index contributed by atoms with van der Waals surface area (Å²) in [7, 11) is 0. The van der Waals surface area contributed by atoms with Gasteiger partial charge in [0.1, 0.15) is 11.2 Å². The highest BCUT2D eigenvalue weighted by molar-refractivity contribution is 9.10. The molecule has 2 heterocycles. The number of anilines is 1. The number of hydrogen-bond acceptors (Lipinski definition) is 5. The van der Waals surface area contributed by atoms with Gasteiger partial charge in [0.25, 0.3) is 0 Å². The summed E-state index contributed by atoms with van der Waals surface area (Å²) in [5.41, 5.74) is 0.131. The zero-order valence-electron chi connectivity index (χ0n) is 20.9. The summed E-state index contributed by atoms with van der Waals surface area (Å²) in [6, 6.07) is 8.85. The maximum absolute atomic E-state index is 14.9. The molecule has 2 amide bonds. The van der Waals surface area contributed by atoms with E-state index in [1.54, 1.807) is 0 Å². The number of aliphatic hydroxyl groups is 2. The summed E-state index contributed by atoms with van der Waals surface area (Å²) in [5, 5.41) is 27.9. The predicted molar refractivity (Wildman–Crippen MR) is 144 cm³/mol. The maximum atomic E-state index is 14.9. The third kappa shape index (κ3) is 5.29. The predicted octanol–water partition coefficient (Wildman–Crippen LogP) is 3.85. The second kappa shape index (κ2) is 10.6. The van der Waals surface area contributed by atoms with Crippen molar-refractivity contribution >= 4 is 45.0 Å². The molecule has 0 aliphatic carbocycles. The third-order valence-electron chi connectivity index (χ3n) is 7.18. The Bertz CT molecular complexity index is 1210. The molecule has 5 unspecified atom stereocenters. The number of carbonyl (C=O) groups is 2. The molecule has 2 aromatic carbocycles. The summed E-state index contributed by atoms with van der Waals surface area (Å²) in [6.07, 6.45) is -0.236. The highest BCUT2D eigenvalue weighted by Gasteiger charge is 2.65. The standard InChI is InChI=1S/C27H32BrClFN3O4/c1-26(2,3)12-21-27(17-10-19(30)18(29)11-20(17)32-25(27)37)22(14-5-4-6-15(28)9-14)23(33-21)24(36)31-8-7-16(35)13-34/h4-6,9-11,16,21-23,33-35H,7-8,12-13H2,1-3H3,(H,31,36)(H,32,37). The number of aliphatic hydroxyl groups excluding tert-OH is 2. The number of rotatable bonds is 7. The molecule has 1 spiro atoms. The summed E-state index contributed by atoms with van der Waals surface area (Å²) >= 11 is 9.59. The van der Waals surface area contributed by atoms with Crippen molar-refractivity contribution in [2.75, 3.05) is 18.5 Å². The molecule has 0 aromatic heterocycles. The molecule has 5 N–H and O–H groups in total. The van der Waals surface area contributed by atoms with Crippen LogP contribution in [-0.4, -0.2) is 53.4 Å². The van der Waals surface area contributed by atoms with E-state index in [2.05, 4.69) is 52.7 Å². The monoisotopic (exact) mass is 595 g/mol. The van der Waals surface area contributed by atoms with E-state index in [-0.39, 0.29) is 35.2 Å². The highest BCUT2D eigenvalue weighted by atomic mass is 79.9. The van der Waals surface area contributed by atoms with Gasteiger partial charge in [-0.1, -0.05) is 60.4 Å². The molecule has 10 heteroatoms. The Balaban J connectivity index is 1.89. The maximum Gasteiger partial charge on any atom is 0.237 e. The van der Waals surface area contributed by atoms with Crippen LogP contribution in [0.25, 0.3) is 0 Å². The molecule has 1 saturated heterocycles. The van der Waals surface area contributed by atoms with Crippen LogP contribution in [0.3, 0.4) is 0 Å². The second-order valence-electron chi connectivity index (χ2n) is 11.0. The van der Waals surface area contributed by atoms with Crippen molar-refractivity contribution in [3.05, 3.63) is 62.8 Å². The van der Waals surface area contributed by atoms with Crippen molar-refractivity contribution in [3.63, 3.8) is 0 Å². The van der Waals surface area contributed by atoms with E-state index in [9.17, 15) is 19.1 Å². The lowest BCUT2D eigenvalue weighted by Gasteiger charge is -2.37. The first-order valence-electron chi connectivity index (χ1n) is 12.3. The first-order chi connectivity index (χ1) is 17.4. The lowest BCUT2D eigenvalue weighted by Crippen LogP contribution is -2.49. The van der Waals surface area contributed by atoms with E-state index in [1.807, 2.05) is 24.3 Å². The Hall–Kier alpha value is -2.04. The normalized spacial score (nSPS) is 25.7. The van der Waals surface area contributed by atoms with Gasteiger partial charge >= 0.3 is 0 Å². The van der Waals surface area contributed by atoms with Crippen LogP contribution in [0.15, 0.2) is 40.9 Å². The van der Waals surface area contributed by atoms with Crippen molar-refractivity contribution in [2.24, 2.45) is 5.41 Å². The molecule has 4 rings (SSSR count). The van der Waals surface area contributed by atoms with Gasteiger partial charge in [-0.3, -0.25) is 9.59 Å². The van der Waals surface area contributed by atoms with Crippen LogP contribution in [0.5, 0.6) is 0 Å². The Morgan fingerprint density at radius 2 is 2.03 bits per heavy atom. The fourth-order valence-electron chi connectivity index (χ4n) is 5.70. The molecule has 0 bridgehead atoms. The van der Waals surface area contributed by atoms with Crippen LogP contribution in [0.2, 0.25) is 5.02 Å². The van der Waals surface area contributed by atoms with Crippen LogP contribution in [0.1, 0.15) is 50.7 Å². The van der Waals surface area contributed by atoms with Gasteiger partial charge in [0, 0.05) is 28.7 Å². The third-order valence-corrected chi connectivity index (χ3v) is 7.96. The van der Waals surface area contributed by atoms with Gasteiger partial charge in [0.05, 0.1) is 23.8 Å². The molecule has 0 radical (unpaired) electrons. The molecule has 37 heavy (non-hydrogen) atoms. The number of carbonyl (C=O) groups excluding carboxylic acids is 2. The largest absolute Gasteiger partial charge is 0.394 e. The fraction of sp³-hybridized carbons (Fsp3) is 0.481. The van der Waals surface area contributed by atoms with Crippen molar-refractivity contribution in [2.45, 2.75) is 63.1 Å². The Morgan fingerprint density at radius 3 is 2.68 bits per heavy atom. The average Bonchev–Trinajstić information content (AvgIpc) is 3.28. The SMILES string of the molecule is CC(C)(C)CC1NC(C(=O)NCCC(O)CO)C(c2cccc(Br)c2)C12C(=O)Nc1cc(Cl)c(F)cc12. The van der Waals surface area contributed by atoms with Gasteiger partial charge < -0.3 is 26.2 Å². The van der Waals surface area contributed by atoms with E-state index in [1.165, 1.54) is 12.1 Å². The lowest BCUT2D eigenvalue weighted by atomic mass is 9.62. The molecular formula is C27H32BrClFN3O4. The smallest absolute Gasteiger partial charge is 0.237 e.